The van der Waals surface area contributed by atoms with Crippen molar-refractivity contribution >= 4 is 32.4 Å². The van der Waals surface area contributed by atoms with Gasteiger partial charge in [-0.25, -0.2) is 4.68 Å². The molecule has 0 unspecified atom stereocenters. The van der Waals surface area contributed by atoms with Crippen molar-refractivity contribution in [2.24, 2.45) is 0 Å². The van der Waals surface area contributed by atoms with E-state index >= 15 is 0 Å². The van der Waals surface area contributed by atoms with E-state index < -0.39 is 40.5 Å². The highest BCUT2D eigenvalue weighted by atomic mass is 79.9. The van der Waals surface area contributed by atoms with Crippen molar-refractivity contribution in [3.63, 3.8) is 0 Å². The first-order valence-corrected chi connectivity index (χ1v) is 12.5. The number of pyridine rings is 1. The molecule has 0 spiro atoms. The Morgan fingerprint density at radius 2 is 1.81 bits per heavy atom. The van der Waals surface area contributed by atoms with E-state index in [4.69, 9.17) is 0 Å². The summed E-state index contributed by atoms with van der Waals surface area (Å²) in [5, 5.41) is 4.10. The quantitative estimate of drug-likeness (QED) is 0.368. The molecule has 1 aliphatic rings. The number of aromatic nitrogens is 3. The summed E-state index contributed by atoms with van der Waals surface area (Å²) in [6, 6.07) is 6.41. The minimum absolute atomic E-state index is 0.0112. The Kier molecular flexibility index (Phi) is 6.74. The van der Waals surface area contributed by atoms with Crippen molar-refractivity contribution in [3.8, 4) is 22.7 Å². The van der Waals surface area contributed by atoms with Crippen LogP contribution < -0.4 is 4.74 Å². The van der Waals surface area contributed by atoms with Crippen LogP contribution in [0.5, 0.6) is 5.75 Å². The van der Waals surface area contributed by atoms with Gasteiger partial charge in [0.15, 0.2) is 5.69 Å². The van der Waals surface area contributed by atoms with Crippen LogP contribution in [0.3, 0.4) is 0 Å². The number of ether oxygens (including phenoxy) is 1. The number of carbonyl (C=O) groups excluding carboxylic acids is 1. The Labute approximate surface area is 209 Å². The second kappa shape index (κ2) is 9.24. The van der Waals surface area contributed by atoms with Crippen LogP contribution >= 0.6 is 26.5 Å². The maximum atomic E-state index is 13.3. The lowest BCUT2D eigenvalue weighted by atomic mass is 10.1. The molecule has 0 bridgehead atoms. The Morgan fingerprint density at radius 1 is 1.08 bits per heavy atom. The zero-order valence-corrected chi connectivity index (χ0v) is 20.1. The van der Waals surface area contributed by atoms with Crippen LogP contribution in [0.25, 0.3) is 16.9 Å². The first kappa shape index (κ1) is 26.2. The Morgan fingerprint density at radius 3 is 2.42 bits per heavy atom. The van der Waals surface area contributed by atoms with E-state index in [1.807, 2.05) is 0 Å². The summed E-state index contributed by atoms with van der Waals surface area (Å²) in [4.78, 5) is 17.4. The first-order chi connectivity index (χ1) is 16.6. The van der Waals surface area contributed by atoms with Gasteiger partial charge in [0.1, 0.15) is 17.3 Å². The summed E-state index contributed by atoms with van der Waals surface area (Å²) in [5.41, 5.74) is -1.69. The topological polar surface area (TPSA) is 101 Å². The zero-order valence-electron chi connectivity index (χ0n) is 17.7. The van der Waals surface area contributed by atoms with Crippen LogP contribution in [-0.2, 0) is 6.18 Å². The van der Waals surface area contributed by atoms with Gasteiger partial charge in [-0.3, -0.25) is 18.9 Å². The van der Waals surface area contributed by atoms with Gasteiger partial charge in [-0.2, -0.15) is 28.9 Å². The van der Waals surface area contributed by atoms with E-state index in [1.54, 1.807) is 0 Å². The minimum atomic E-state index is -5.01. The molecule has 3 heterocycles. The monoisotopic (exact) mass is 600 g/mol. The largest absolute Gasteiger partial charge is 0.573 e. The molecule has 1 aromatic carbocycles. The fourth-order valence-corrected chi connectivity index (χ4v) is 5.31. The van der Waals surface area contributed by atoms with Crippen LogP contribution in [0.15, 0.2) is 47.1 Å². The summed E-state index contributed by atoms with van der Waals surface area (Å²) < 4.78 is 103. The van der Waals surface area contributed by atoms with Gasteiger partial charge in [-0.1, -0.05) is 15.9 Å². The molecule has 1 amide bonds. The van der Waals surface area contributed by atoms with Gasteiger partial charge >= 0.3 is 12.5 Å². The lowest BCUT2D eigenvalue weighted by Crippen LogP contribution is -2.29. The second-order valence-electron chi connectivity index (χ2n) is 7.65. The van der Waals surface area contributed by atoms with Crippen LogP contribution in [0.1, 0.15) is 16.2 Å². The predicted molar refractivity (Wildman–Crippen MR) is 120 cm³/mol. The van der Waals surface area contributed by atoms with Crippen molar-refractivity contribution in [1.82, 2.24) is 19.7 Å². The van der Waals surface area contributed by atoms with Gasteiger partial charge < -0.3 is 9.64 Å². The van der Waals surface area contributed by atoms with Crippen molar-refractivity contribution in [3.05, 3.63) is 58.5 Å². The molecular formula is C20H15BrF6N4O4S. The standard InChI is InChI=1S/C20H15BrF6N4O4S/c21-12-5-11(6-14(7-12)35-20(25,26)27)16-9-15(18(32)30-3-4-36(33,34)10-30)29-31(16)13-1-2-28-17(8-13)19(22,23)24/h1-2,5-9,33-34H,3-4,10H2. The molecule has 0 atom stereocenters. The number of halogens is 7. The van der Waals surface area contributed by atoms with E-state index in [2.05, 4.69) is 30.7 Å². The molecule has 0 radical (unpaired) electrons. The number of rotatable bonds is 4. The molecule has 1 aliphatic heterocycles. The van der Waals surface area contributed by atoms with Crippen LogP contribution in [-0.4, -0.2) is 59.2 Å². The summed E-state index contributed by atoms with van der Waals surface area (Å²) in [6.45, 7) is 0.0112. The highest BCUT2D eigenvalue weighted by molar-refractivity contribution is 9.10. The molecular weight excluding hydrogens is 586 g/mol. The van der Waals surface area contributed by atoms with Crippen LogP contribution in [0.2, 0.25) is 0 Å². The third kappa shape index (κ3) is 5.93. The number of alkyl halides is 6. The summed E-state index contributed by atoms with van der Waals surface area (Å²) in [7, 11) is -3.00. The van der Waals surface area contributed by atoms with Gasteiger partial charge in [0.2, 0.25) is 0 Å². The molecule has 2 N–H and O–H groups in total. The predicted octanol–water partition coefficient (Wildman–Crippen LogP) is 5.78. The lowest BCUT2D eigenvalue weighted by Gasteiger charge is -2.25. The summed E-state index contributed by atoms with van der Waals surface area (Å²) in [5.74, 6) is -1.75. The van der Waals surface area contributed by atoms with Crippen molar-refractivity contribution in [2.45, 2.75) is 12.5 Å². The SMILES string of the molecule is O=C(c1cc(-c2cc(Br)cc(OC(F)(F)F)c2)n(-c2ccnc(C(F)(F)F)c2)n1)N1CCS(O)(O)C1. The normalized spacial score (nSPS) is 16.8. The molecule has 194 valence electrons. The zero-order chi connectivity index (χ0) is 26.5. The molecule has 3 aromatic rings. The molecule has 0 aliphatic carbocycles. The minimum Gasteiger partial charge on any atom is -0.406 e. The smallest absolute Gasteiger partial charge is 0.406 e. The first-order valence-electron chi connectivity index (χ1n) is 9.85. The number of benzene rings is 1. The fraction of sp³-hybridized carbons (Fsp3) is 0.250. The maximum Gasteiger partial charge on any atom is 0.573 e. The fourth-order valence-electron chi connectivity index (χ4n) is 3.45. The second-order valence-corrected chi connectivity index (χ2v) is 10.8. The molecule has 36 heavy (non-hydrogen) atoms. The summed E-state index contributed by atoms with van der Waals surface area (Å²) >= 11 is 3.07. The maximum absolute atomic E-state index is 13.3. The van der Waals surface area contributed by atoms with E-state index in [-0.39, 0.29) is 45.3 Å². The third-order valence-corrected chi connectivity index (χ3v) is 6.96. The molecule has 4 rings (SSSR count). The average Bonchev–Trinajstić information content (AvgIpc) is 3.35. The van der Waals surface area contributed by atoms with Gasteiger partial charge in [-0.05, 0) is 36.4 Å². The van der Waals surface area contributed by atoms with E-state index in [0.717, 1.165) is 27.9 Å². The summed E-state index contributed by atoms with van der Waals surface area (Å²) in [6.07, 6.45) is -8.93. The molecule has 1 saturated heterocycles. The number of hydrogen-bond acceptors (Lipinski definition) is 6. The number of hydrogen-bond donors (Lipinski definition) is 2. The van der Waals surface area contributed by atoms with E-state index in [1.165, 1.54) is 18.2 Å². The average molecular weight is 601 g/mol. The van der Waals surface area contributed by atoms with Crippen molar-refractivity contribution in [1.29, 1.82) is 0 Å². The van der Waals surface area contributed by atoms with Gasteiger partial charge in [-0.15, -0.1) is 13.2 Å². The lowest BCUT2D eigenvalue weighted by molar-refractivity contribution is -0.274. The number of amides is 1. The highest BCUT2D eigenvalue weighted by Crippen LogP contribution is 2.44. The molecule has 16 heteroatoms. The van der Waals surface area contributed by atoms with E-state index in [9.17, 15) is 40.2 Å². The number of nitrogens with zero attached hydrogens (tertiary/aromatic N) is 4. The van der Waals surface area contributed by atoms with Crippen molar-refractivity contribution < 1.29 is 45.0 Å². The third-order valence-electron chi connectivity index (χ3n) is 4.95. The molecule has 1 fully saturated rings. The molecule has 0 saturated carbocycles. The molecule has 2 aromatic heterocycles. The van der Waals surface area contributed by atoms with Crippen molar-refractivity contribution in [2.75, 3.05) is 18.2 Å². The Hall–Kier alpha value is -2.82. The van der Waals surface area contributed by atoms with Crippen LogP contribution in [0, 0.1) is 0 Å². The molecule has 8 nitrogen and oxygen atoms in total. The van der Waals surface area contributed by atoms with Crippen LogP contribution in [0.4, 0.5) is 26.3 Å². The Bertz CT molecular complexity index is 1310. The van der Waals surface area contributed by atoms with Gasteiger partial charge in [0.05, 0.1) is 17.1 Å². The number of carbonyl (C=O) groups is 1. The van der Waals surface area contributed by atoms with Gasteiger partial charge in [0, 0.05) is 22.8 Å². The Balaban J connectivity index is 1.84. The highest BCUT2D eigenvalue weighted by Gasteiger charge is 2.35. The van der Waals surface area contributed by atoms with Gasteiger partial charge in [0.25, 0.3) is 5.91 Å². The van der Waals surface area contributed by atoms with E-state index in [0.29, 0.717) is 6.07 Å².